The number of likely N-dealkylation sites (N-methyl/N-ethyl adjacent to an activating group) is 1. The zero-order valence-electron chi connectivity index (χ0n) is 10.2. The molecule has 0 aromatic heterocycles. The summed E-state index contributed by atoms with van der Waals surface area (Å²) in [6.45, 7) is 7.02. The van der Waals surface area contributed by atoms with Gasteiger partial charge in [-0.1, -0.05) is 6.92 Å². The van der Waals surface area contributed by atoms with Crippen LogP contribution in [0.2, 0.25) is 0 Å². The predicted octanol–water partition coefficient (Wildman–Crippen LogP) is 0.332. The Morgan fingerprint density at radius 2 is 2.40 bits per heavy atom. The smallest absolute Gasteiger partial charge is 0.0877 e. The maximum Gasteiger partial charge on any atom is 0.0877 e. The Morgan fingerprint density at radius 3 is 3.00 bits per heavy atom. The molecule has 0 aromatic carbocycles. The van der Waals surface area contributed by atoms with Gasteiger partial charge in [0.1, 0.15) is 0 Å². The van der Waals surface area contributed by atoms with Crippen LogP contribution in [0.15, 0.2) is 0 Å². The third kappa shape index (κ3) is 4.07. The first-order chi connectivity index (χ1) is 7.31. The number of morpholine rings is 1. The molecular formula is C11H24N2O2. The summed E-state index contributed by atoms with van der Waals surface area (Å²) in [4.78, 5) is 2.47. The summed E-state index contributed by atoms with van der Waals surface area (Å²) in [6.07, 6.45) is 1.47. The Hall–Kier alpha value is -0.160. The lowest BCUT2D eigenvalue weighted by molar-refractivity contribution is -0.0565. The fraction of sp³-hybridized carbons (Fsp3) is 1.00. The highest BCUT2D eigenvalue weighted by Crippen LogP contribution is 2.09. The topological polar surface area (TPSA) is 33.7 Å². The van der Waals surface area contributed by atoms with Crippen molar-refractivity contribution in [1.82, 2.24) is 10.2 Å². The van der Waals surface area contributed by atoms with Crippen LogP contribution in [0.1, 0.15) is 13.3 Å². The van der Waals surface area contributed by atoms with Gasteiger partial charge in [-0.3, -0.25) is 4.90 Å². The molecule has 90 valence electrons. The van der Waals surface area contributed by atoms with Crippen molar-refractivity contribution in [2.45, 2.75) is 25.5 Å². The molecule has 1 N–H and O–H groups in total. The molecule has 0 amide bonds. The minimum Gasteiger partial charge on any atom is -0.383 e. The number of hydrogen-bond donors (Lipinski definition) is 1. The zero-order chi connectivity index (χ0) is 11.1. The molecular weight excluding hydrogens is 192 g/mol. The highest BCUT2D eigenvalue weighted by atomic mass is 16.5. The highest BCUT2D eigenvalue weighted by molar-refractivity contribution is 4.81. The van der Waals surface area contributed by atoms with Crippen LogP contribution in [-0.2, 0) is 9.47 Å². The van der Waals surface area contributed by atoms with E-state index in [0.29, 0.717) is 12.6 Å². The van der Waals surface area contributed by atoms with Crippen LogP contribution in [0, 0.1) is 0 Å². The monoisotopic (exact) mass is 216 g/mol. The Labute approximate surface area is 92.9 Å². The van der Waals surface area contributed by atoms with Crippen molar-refractivity contribution in [3.05, 3.63) is 0 Å². The number of rotatable bonds is 6. The molecule has 1 aliphatic rings. The van der Waals surface area contributed by atoms with Gasteiger partial charge in [0.25, 0.3) is 0 Å². The first kappa shape index (κ1) is 12.9. The number of methoxy groups -OCH3 is 1. The lowest BCUT2D eigenvalue weighted by Crippen LogP contribution is -2.53. The summed E-state index contributed by atoms with van der Waals surface area (Å²) in [5, 5.41) is 3.26. The predicted molar refractivity (Wildman–Crippen MR) is 61.2 cm³/mol. The normalized spacial score (nSPS) is 25.4. The van der Waals surface area contributed by atoms with Gasteiger partial charge in [0.2, 0.25) is 0 Å². The van der Waals surface area contributed by atoms with Gasteiger partial charge >= 0.3 is 0 Å². The Kier molecular flexibility index (Phi) is 6.17. The van der Waals surface area contributed by atoms with E-state index >= 15 is 0 Å². The van der Waals surface area contributed by atoms with E-state index in [2.05, 4.69) is 17.1 Å². The standard InChI is InChI=1S/C11H24N2O2/c1-4-5-13-6-7-15-11(8-13)10(12-2)9-14-3/h10-12H,4-9H2,1-3H3. The van der Waals surface area contributed by atoms with Crippen LogP contribution in [0.4, 0.5) is 0 Å². The lowest BCUT2D eigenvalue weighted by Gasteiger charge is -2.36. The molecule has 1 fully saturated rings. The van der Waals surface area contributed by atoms with E-state index in [-0.39, 0.29) is 6.10 Å². The van der Waals surface area contributed by atoms with Crippen molar-refractivity contribution in [3.63, 3.8) is 0 Å². The van der Waals surface area contributed by atoms with E-state index in [1.54, 1.807) is 7.11 Å². The quantitative estimate of drug-likeness (QED) is 0.694. The van der Waals surface area contributed by atoms with E-state index in [4.69, 9.17) is 9.47 Å². The molecule has 0 saturated carbocycles. The summed E-state index contributed by atoms with van der Waals surface area (Å²) in [5.74, 6) is 0. The van der Waals surface area contributed by atoms with Gasteiger partial charge in [0.05, 0.1) is 25.4 Å². The molecule has 1 heterocycles. The second kappa shape index (κ2) is 7.17. The molecule has 2 atom stereocenters. The molecule has 1 rings (SSSR count). The maximum atomic E-state index is 5.78. The van der Waals surface area contributed by atoms with Gasteiger partial charge in [-0.15, -0.1) is 0 Å². The van der Waals surface area contributed by atoms with Crippen molar-refractivity contribution in [1.29, 1.82) is 0 Å². The average Bonchev–Trinajstić information content (AvgIpc) is 2.27. The van der Waals surface area contributed by atoms with Crippen LogP contribution in [-0.4, -0.2) is 64.1 Å². The molecule has 0 bridgehead atoms. The van der Waals surface area contributed by atoms with Crippen molar-refractivity contribution in [2.24, 2.45) is 0 Å². The third-order valence-corrected chi connectivity index (χ3v) is 2.88. The van der Waals surface area contributed by atoms with Crippen molar-refractivity contribution in [3.8, 4) is 0 Å². The molecule has 15 heavy (non-hydrogen) atoms. The molecule has 0 aliphatic carbocycles. The van der Waals surface area contributed by atoms with Crippen LogP contribution in [0.3, 0.4) is 0 Å². The average molecular weight is 216 g/mol. The number of nitrogens with zero attached hydrogens (tertiary/aromatic N) is 1. The Morgan fingerprint density at radius 1 is 1.60 bits per heavy atom. The van der Waals surface area contributed by atoms with Gasteiger partial charge in [-0.25, -0.2) is 0 Å². The number of hydrogen-bond acceptors (Lipinski definition) is 4. The summed E-state index contributed by atoms with van der Waals surface area (Å²) in [7, 11) is 3.70. The van der Waals surface area contributed by atoms with Crippen LogP contribution < -0.4 is 5.32 Å². The summed E-state index contributed by atoms with van der Waals surface area (Å²) in [5.41, 5.74) is 0. The van der Waals surface area contributed by atoms with Crippen molar-refractivity contribution in [2.75, 3.05) is 47.0 Å². The first-order valence-corrected chi connectivity index (χ1v) is 5.82. The van der Waals surface area contributed by atoms with Gasteiger partial charge in [0, 0.05) is 20.2 Å². The summed E-state index contributed by atoms with van der Waals surface area (Å²) >= 11 is 0. The molecule has 0 radical (unpaired) electrons. The minimum absolute atomic E-state index is 0.259. The second-order valence-electron chi connectivity index (χ2n) is 4.06. The Bertz CT molecular complexity index is 165. The SMILES string of the molecule is CCCN1CCOC(C(COC)NC)C1. The fourth-order valence-electron chi connectivity index (χ4n) is 2.05. The largest absolute Gasteiger partial charge is 0.383 e. The van der Waals surface area contributed by atoms with Crippen LogP contribution in [0.25, 0.3) is 0 Å². The molecule has 4 nitrogen and oxygen atoms in total. The van der Waals surface area contributed by atoms with E-state index < -0.39 is 0 Å². The van der Waals surface area contributed by atoms with Crippen LogP contribution >= 0.6 is 0 Å². The molecule has 0 spiro atoms. The second-order valence-corrected chi connectivity index (χ2v) is 4.06. The molecule has 1 aliphatic heterocycles. The molecule has 1 saturated heterocycles. The van der Waals surface area contributed by atoms with Gasteiger partial charge in [-0.2, -0.15) is 0 Å². The zero-order valence-corrected chi connectivity index (χ0v) is 10.2. The third-order valence-electron chi connectivity index (χ3n) is 2.88. The van der Waals surface area contributed by atoms with E-state index in [1.807, 2.05) is 7.05 Å². The molecule has 2 unspecified atom stereocenters. The fourth-order valence-corrected chi connectivity index (χ4v) is 2.05. The summed E-state index contributed by atoms with van der Waals surface area (Å²) < 4.78 is 11.0. The van der Waals surface area contributed by atoms with Crippen molar-refractivity contribution < 1.29 is 9.47 Å². The Balaban J connectivity index is 2.39. The van der Waals surface area contributed by atoms with Crippen molar-refractivity contribution >= 4 is 0 Å². The van der Waals surface area contributed by atoms with Gasteiger partial charge in [-0.05, 0) is 20.0 Å². The lowest BCUT2D eigenvalue weighted by atomic mass is 10.1. The van der Waals surface area contributed by atoms with E-state index in [1.165, 1.54) is 13.0 Å². The van der Waals surface area contributed by atoms with Crippen LogP contribution in [0.5, 0.6) is 0 Å². The van der Waals surface area contributed by atoms with E-state index in [0.717, 1.165) is 19.7 Å². The number of ether oxygens (including phenoxy) is 2. The minimum atomic E-state index is 0.259. The molecule has 4 heteroatoms. The highest BCUT2D eigenvalue weighted by Gasteiger charge is 2.26. The molecule has 0 aromatic rings. The summed E-state index contributed by atoms with van der Waals surface area (Å²) in [6, 6.07) is 0.301. The first-order valence-electron chi connectivity index (χ1n) is 5.82. The number of nitrogens with one attached hydrogen (secondary N) is 1. The van der Waals surface area contributed by atoms with E-state index in [9.17, 15) is 0 Å². The van der Waals surface area contributed by atoms with Gasteiger partial charge in [0.15, 0.2) is 0 Å². The maximum absolute atomic E-state index is 5.78. The van der Waals surface area contributed by atoms with Gasteiger partial charge < -0.3 is 14.8 Å².